The van der Waals surface area contributed by atoms with Crippen molar-refractivity contribution in [2.24, 2.45) is 0 Å². The van der Waals surface area contributed by atoms with Crippen LogP contribution in [0.5, 0.6) is 11.5 Å². The van der Waals surface area contributed by atoms with Crippen LogP contribution in [0.1, 0.15) is 25.4 Å². The van der Waals surface area contributed by atoms with E-state index in [9.17, 15) is 0 Å². The fourth-order valence-electron chi connectivity index (χ4n) is 2.61. The molecule has 0 saturated carbocycles. The zero-order valence-electron chi connectivity index (χ0n) is 17.7. The molecular formula is C19H23NO3. The number of morpholine rings is 1. The molecule has 2 aromatic carbocycles. The van der Waals surface area contributed by atoms with E-state index in [0.29, 0.717) is 13.2 Å². The van der Waals surface area contributed by atoms with Gasteiger partial charge in [-0.15, -0.1) is 0 Å². The van der Waals surface area contributed by atoms with E-state index < -0.39 is 19.5 Å². The number of ether oxygens (including phenoxy) is 3. The molecule has 1 fully saturated rings. The molecule has 2 aromatic rings. The molecule has 23 heavy (non-hydrogen) atoms. The number of nitrogens with one attached hydrogen (secondary N) is 1. The molecule has 0 bridgehead atoms. The Kier molecular flexibility index (Phi) is 3.71. The zero-order valence-corrected chi connectivity index (χ0v) is 12.7. The first-order valence-electron chi connectivity index (χ1n) is 10.1. The normalized spacial score (nSPS) is 23.5. The summed E-state index contributed by atoms with van der Waals surface area (Å²) in [7, 11) is 0. The molecule has 0 aromatic heterocycles. The molecule has 0 amide bonds. The van der Waals surface area contributed by atoms with E-state index in [0.717, 1.165) is 12.1 Å². The molecule has 0 radical (unpaired) electrons. The van der Waals surface area contributed by atoms with E-state index in [4.69, 9.17) is 21.1 Å². The number of rotatable bonds is 6. The van der Waals surface area contributed by atoms with Crippen LogP contribution in [-0.2, 0) is 4.74 Å². The number of hydrogen-bond donors (Lipinski definition) is 1. The van der Waals surface area contributed by atoms with Crippen LogP contribution in [0, 0.1) is 0 Å². The van der Waals surface area contributed by atoms with Gasteiger partial charge in [-0.25, -0.2) is 0 Å². The summed E-state index contributed by atoms with van der Waals surface area (Å²) in [5.41, 5.74) is 0.893. The molecular weight excluding hydrogens is 290 g/mol. The lowest BCUT2D eigenvalue weighted by Crippen LogP contribution is -2.43. The van der Waals surface area contributed by atoms with Crippen LogP contribution >= 0.6 is 0 Å². The smallest absolute Gasteiger partial charge is 0.162 e. The minimum absolute atomic E-state index is 0.0216. The Morgan fingerprint density at radius 3 is 2.74 bits per heavy atom. The number of hydrogen-bond acceptors (Lipinski definition) is 4. The Morgan fingerprint density at radius 1 is 1.22 bits per heavy atom. The van der Waals surface area contributed by atoms with Gasteiger partial charge >= 0.3 is 0 Å². The van der Waals surface area contributed by atoms with Gasteiger partial charge in [0.05, 0.1) is 15.9 Å². The highest BCUT2D eigenvalue weighted by atomic mass is 16.6. The Balaban J connectivity index is 1.89. The lowest BCUT2D eigenvalue weighted by Gasteiger charge is -2.32. The van der Waals surface area contributed by atoms with E-state index in [1.807, 2.05) is 30.3 Å². The highest BCUT2D eigenvalue weighted by Crippen LogP contribution is 2.33. The summed E-state index contributed by atoms with van der Waals surface area (Å²) in [4.78, 5) is 0. The first-order valence-corrected chi connectivity index (χ1v) is 7.60. The molecule has 4 heteroatoms. The SMILES string of the molecule is [2H]C([2H])([2H])C([2H])([2H])Oc1ccccc1O[C@H](c1ccccc1)[C@H]1CNCCO1. The fraction of sp³-hybridized carbons (Fsp3) is 0.368. The average molecular weight is 318 g/mol. The van der Waals surface area contributed by atoms with Gasteiger partial charge in [0.1, 0.15) is 6.10 Å². The summed E-state index contributed by atoms with van der Waals surface area (Å²) in [5.74, 6) is 0.270. The standard InChI is InChI=1S/C19H23NO3/c1-2-21-16-10-6-7-11-17(16)23-19(15-8-4-3-5-9-15)18-14-20-12-13-22-18/h3-11,18-20H,2,12-14H2,1H3/t18-,19-/m1/s1/i1D3,2D2. The third-order valence-electron chi connectivity index (χ3n) is 3.69. The molecule has 0 spiro atoms. The second-order valence-corrected chi connectivity index (χ2v) is 5.21. The lowest BCUT2D eigenvalue weighted by atomic mass is 10.0. The second-order valence-electron chi connectivity index (χ2n) is 5.21. The van der Waals surface area contributed by atoms with Gasteiger partial charge < -0.3 is 19.5 Å². The lowest BCUT2D eigenvalue weighted by molar-refractivity contribution is -0.0439. The van der Waals surface area contributed by atoms with Crippen LogP contribution < -0.4 is 14.8 Å². The van der Waals surface area contributed by atoms with E-state index >= 15 is 0 Å². The molecule has 122 valence electrons. The maximum absolute atomic E-state index is 7.75. The van der Waals surface area contributed by atoms with Crippen molar-refractivity contribution in [1.82, 2.24) is 5.32 Å². The van der Waals surface area contributed by atoms with Gasteiger partial charge in [0, 0.05) is 17.2 Å². The Bertz CT molecular complexity index is 764. The monoisotopic (exact) mass is 318 g/mol. The summed E-state index contributed by atoms with van der Waals surface area (Å²) >= 11 is 0. The van der Waals surface area contributed by atoms with E-state index in [1.54, 1.807) is 18.2 Å². The van der Waals surface area contributed by atoms with Crippen LogP contribution in [0.2, 0.25) is 0 Å². The molecule has 0 unspecified atom stereocenters. The van der Waals surface area contributed by atoms with Crippen molar-refractivity contribution < 1.29 is 21.1 Å². The van der Waals surface area contributed by atoms with Gasteiger partial charge in [-0.3, -0.25) is 0 Å². The van der Waals surface area contributed by atoms with E-state index in [2.05, 4.69) is 5.32 Å². The summed E-state index contributed by atoms with van der Waals surface area (Å²) in [6.45, 7) is -3.88. The van der Waals surface area contributed by atoms with Crippen LogP contribution in [-0.4, -0.2) is 32.4 Å². The Morgan fingerprint density at radius 2 is 2.00 bits per heavy atom. The molecule has 1 saturated heterocycles. The molecule has 1 N–H and O–H groups in total. The first kappa shape index (κ1) is 10.7. The molecule has 4 nitrogen and oxygen atoms in total. The number of para-hydroxylation sites is 2. The predicted molar refractivity (Wildman–Crippen MR) is 90.0 cm³/mol. The van der Waals surface area contributed by atoms with Crippen molar-refractivity contribution in [3.8, 4) is 11.5 Å². The van der Waals surface area contributed by atoms with Gasteiger partial charge in [0.2, 0.25) is 0 Å². The maximum Gasteiger partial charge on any atom is 0.162 e. The molecule has 0 aliphatic carbocycles. The van der Waals surface area contributed by atoms with E-state index in [-0.39, 0.29) is 17.6 Å². The summed E-state index contributed by atoms with van der Waals surface area (Å²) in [6, 6.07) is 16.0. The van der Waals surface area contributed by atoms with Crippen LogP contribution in [0.25, 0.3) is 0 Å². The Hall–Kier alpha value is -2.04. The van der Waals surface area contributed by atoms with Gasteiger partial charge in [-0.05, 0) is 24.5 Å². The van der Waals surface area contributed by atoms with Gasteiger partial charge in [-0.2, -0.15) is 0 Å². The van der Waals surface area contributed by atoms with Crippen LogP contribution in [0.3, 0.4) is 0 Å². The first-order chi connectivity index (χ1) is 13.3. The zero-order chi connectivity index (χ0) is 20.2. The summed E-state index contributed by atoms with van der Waals surface area (Å²) in [5, 5.41) is 3.27. The highest BCUT2D eigenvalue weighted by Gasteiger charge is 2.28. The third-order valence-corrected chi connectivity index (χ3v) is 3.69. The van der Waals surface area contributed by atoms with Gasteiger partial charge in [-0.1, -0.05) is 42.5 Å². The largest absolute Gasteiger partial charge is 0.490 e. The molecule has 1 aliphatic heterocycles. The van der Waals surface area contributed by atoms with Crippen molar-refractivity contribution >= 4 is 0 Å². The minimum Gasteiger partial charge on any atom is -0.490 e. The summed E-state index contributed by atoms with van der Waals surface area (Å²) < 4.78 is 54.8. The molecule has 1 heterocycles. The van der Waals surface area contributed by atoms with Crippen molar-refractivity contribution in [1.29, 1.82) is 0 Å². The molecule has 1 aliphatic rings. The topological polar surface area (TPSA) is 39.7 Å². The van der Waals surface area contributed by atoms with Crippen molar-refractivity contribution in [3.05, 3.63) is 60.2 Å². The van der Waals surface area contributed by atoms with Crippen molar-refractivity contribution in [2.45, 2.75) is 19.1 Å². The summed E-state index contributed by atoms with van der Waals surface area (Å²) in [6.07, 6.45) is -0.735. The average Bonchev–Trinajstić information content (AvgIpc) is 2.67. The van der Waals surface area contributed by atoms with Crippen LogP contribution in [0.15, 0.2) is 54.6 Å². The molecule has 3 rings (SSSR count). The number of benzene rings is 2. The van der Waals surface area contributed by atoms with Crippen molar-refractivity contribution in [3.63, 3.8) is 0 Å². The van der Waals surface area contributed by atoms with E-state index in [1.165, 1.54) is 6.07 Å². The fourth-order valence-corrected chi connectivity index (χ4v) is 2.61. The minimum atomic E-state index is -2.94. The van der Waals surface area contributed by atoms with Crippen LogP contribution in [0.4, 0.5) is 0 Å². The molecule has 2 atom stereocenters. The second kappa shape index (κ2) is 7.99. The van der Waals surface area contributed by atoms with Gasteiger partial charge in [0.25, 0.3) is 0 Å². The van der Waals surface area contributed by atoms with Gasteiger partial charge in [0.15, 0.2) is 17.6 Å². The highest BCUT2D eigenvalue weighted by molar-refractivity contribution is 5.40. The quantitative estimate of drug-likeness (QED) is 0.888. The van der Waals surface area contributed by atoms with Crippen molar-refractivity contribution in [2.75, 3.05) is 26.3 Å². The predicted octanol–water partition coefficient (Wildman–Crippen LogP) is 3.19. The maximum atomic E-state index is 7.75. The third kappa shape index (κ3) is 4.03. The Labute approximate surface area is 144 Å².